The van der Waals surface area contributed by atoms with Crippen LogP contribution in [0.15, 0.2) is 29.6 Å². The minimum Gasteiger partial charge on any atom is -0.481 e. The van der Waals surface area contributed by atoms with Crippen molar-refractivity contribution in [2.24, 2.45) is 0 Å². The molecule has 0 saturated heterocycles. The van der Waals surface area contributed by atoms with Gasteiger partial charge in [0.25, 0.3) is 0 Å². The van der Waals surface area contributed by atoms with Crippen LogP contribution in [0.4, 0.5) is 0 Å². The highest BCUT2D eigenvalue weighted by Crippen LogP contribution is 2.33. The van der Waals surface area contributed by atoms with Crippen molar-refractivity contribution in [3.8, 4) is 10.6 Å². The molecular formula is C13H12ClNO2S. The molecule has 0 aliphatic carbocycles. The lowest BCUT2D eigenvalue weighted by molar-refractivity contribution is -0.142. The Morgan fingerprint density at radius 1 is 1.39 bits per heavy atom. The van der Waals surface area contributed by atoms with Crippen molar-refractivity contribution < 1.29 is 9.90 Å². The second kappa shape index (κ2) is 4.71. The molecule has 1 heterocycles. The van der Waals surface area contributed by atoms with Crippen LogP contribution in [0.5, 0.6) is 0 Å². The van der Waals surface area contributed by atoms with Gasteiger partial charge in [0, 0.05) is 10.9 Å². The molecule has 0 aliphatic rings. The second-order valence-electron chi connectivity index (χ2n) is 4.45. The first-order chi connectivity index (χ1) is 8.43. The Kier molecular flexibility index (Phi) is 3.41. The van der Waals surface area contributed by atoms with Crippen molar-refractivity contribution in [1.29, 1.82) is 0 Å². The lowest BCUT2D eigenvalue weighted by Crippen LogP contribution is -2.28. The van der Waals surface area contributed by atoms with E-state index in [1.54, 1.807) is 25.3 Å². The molecule has 18 heavy (non-hydrogen) atoms. The zero-order chi connectivity index (χ0) is 13.3. The number of aromatic nitrogens is 1. The number of rotatable bonds is 3. The van der Waals surface area contributed by atoms with E-state index in [0.717, 1.165) is 10.6 Å². The van der Waals surface area contributed by atoms with Crippen molar-refractivity contribution in [3.63, 3.8) is 0 Å². The SMILES string of the molecule is CC(C)(C(=O)O)c1csc(-c2ccccc2Cl)n1. The van der Waals surface area contributed by atoms with Gasteiger partial charge in [-0.05, 0) is 19.9 Å². The number of thiazole rings is 1. The van der Waals surface area contributed by atoms with Crippen LogP contribution >= 0.6 is 22.9 Å². The first-order valence-corrected chi connectivity index (χ1v) is 6.63. The average Bonchev–Trinajstić information content (AvgIpc) is 2.79. The minimum atomic E-state index is -0.990. The van der Waals surface area contributed by atoms with Gasteiger partial charge < -0.3 is 5.11 Å². The van der Waals surface area contributed by atoms with Crippen LogP contribution in [0, 0.1) is 0 Å². The molecule has 0 bridgehead atoms. The molecule has 0 saturated carbocycles. The molecule has 94 valence electrons. The Bertz CT molecular complexity index is 592. The molecule has 0 amide bonds. The summed E-state index contributed by atoms with van der Waals surface area (Å²) in [5, 5.41) is 12.3. The Balaban J connectivity index is 2.44. The third-order valence-corrected chi connectivity index (χ3v) is 3.99. The van der Waals surface area contributed by atoms with Gasteiger partial charge >= 0.3 is 5.97 Å². The zero-order valence-corrected chi connectivity index (χ0v) is 11.5. The Hall–Kier alpha value is -1.39. The molecular weight excluding hydrogens is 270 g/mol. The number of carbonyl (C=O) groups is 1. The van der Waals surface area contributed by atoms with Crippen LogP contribution in [-0.4, -0.2) is 16.1 Å². The molecule has 1 aromatic heterocycles. The summed E-state index contributed by atoms with van der Waals surface area (Å²) in [5.74, 6) is -0.890. The molecule has 0 atom stereocenters. The fourth-order valence-electron chi connectivity index (χ4n) is 1.43. The molecule has 5 heteroatoms. The molecule has 0 radical (unpaired) electrons. The summed E-state index contributed by atoms with van der Waals surface area (Å²) in [5.41, 5.74) is 0.391. The summed E-state index contributed by atoms with van der Waals surface area (Å²) in [4.78, 5) is 15.6. The quantitative estimate of drug-likeness (QED) is 0.930. The highest BCUT2D eigenvalue weighted by atomic mass is 35.5. The van der Waals surface area contributed by atoms with Crippen molar-refractivity contribution >= 4 is 28.9 Å². The standard InChI is InChI=1S/C13H12ClNO2S/c1-13(2,12(16)17)10-7-18-11(15-10)8-5-3-4-6-9(8)14/h3-7H,1-2H3,(H,16,17). The molecule has 1 N–H and O–H groups in total. The maximum absolute atomic E-state index is 11.2. The van der Waals surface area contributed by atoms with Crippen molar-refractivity contribution in [2.75, 3.05) is 0 Å². The topological polar surface area (TPSA) is 50.2 Å². The van der Waals surface area contributed by atoms with Gasteiger partial charge in [0.1, 0.15) is 10.4 Å². The highest BCUT2D eigenvalue weighted by Gasteiger charge is 2.32. The molecule has 1 aromatic carbocycles. The maximum atomic E-state index is 11.2. The van der Waals surface area contributed by atoms with Gasteiger partial charge in [0.15, 0.2) is 0 Å². The summed E-state index contributed by atoms with van der Waals surface area (Å²) < 4.78 is 0. The molecule has 2 aromatic rings. The Morgan fingerprint density at radius 3 is 2.67 bits per heavy atom. The second-order valence-corrected chi connectivity index (χ2v) is 5.71. The van der Waals surface area contributed by atoms with Gasteiger partial charge in [-0.3, -0.25) is 4.79 Å². The van der Waals surface area contributed by atoms with E-state index in [1.807, 2.05) is 18.2 Å². The molecule has 0 spiro atoms. The number of benzene rings is 1. The largest absolute Gasteiger partial charge is 0.481 e. The Labute approximate surface area is 114 Å². The lowest BCUT2D eigenvalue weighted by atomic mass is 9.90. The van der Waals surface area contributed by atoms with E-state index in [1.165, 1.54) is 11.3 Å². The van der Waals surface area contributed by atoms with Crippen molar-refractivity contribution in [2.45, 2.75) is 19.3 Å². The fourth-order valence-corrected chi connectivity index (χ4v) is 2.74. The van der Waals surface area contributed by atoms with Crippen LogP contribution in [0.1, 0.15) is 19.5 Å². The molecule has 0 unspecified atom stereocenters. The normalized spacial score (nSPS) is 11.5. The minimum absolute atomic E-state index is 0.551. The van der Waals surface area contributed by atoms with Gasteiger partial charge in [-0.25, -0.2) is 4.98 Å². The predicted molar refractivity (Wildman–Crippen MR) is 73.2 cm³/mol. The fraction of sp³-hybridized carbons (Fsp3) is 0.231. The van der Waals surface area contributed by atoms with Crippen LogP contribution < -0.4 is 0 Å². The van der Waals surface area contributed by atoms with Gasteiger partial charge in [-0.15, -0.1) is 11.3 Å². The smallest absolute Gasteiger partial charge is 0.315 e. The van der Waals surface area contributed by atoms with Crippen molar-refractivity contribution in [3.05, 3.63) is 40.4 Å². The van der Waals surface area contributed by atoms with Crippen LogP contribution in [-0.2, 0) is 10.2 Å². The summed E-state index contributed by atoms with van der Waals surface area (Å²) in [6.45, 7) is 3.28. The number of hydrogen-bond donors (Lipinski definition) is 1. The van der Waals surface area contributed by atoms with E-state index in [4.69, 9.17) is 16.7 Å². The number of halogens is 1. The van der Waals surface area contributed by atoms with Gasteiger partial charge in [-0.1, -0.05) is 29.8 Å². The number of hydrogen-bond acceptors (Lipinski definition) is 3. The average molecular weight is 282 g/mol. The number of aliphatic carboxylic acids is 1. The van der Waals surface area contributed by atoms with E-state index < -0.39 is 11.4 Å². The lowest BCUT2D eigenvalue weighted by Gasteiger charge is -2.15. The molecule has 2 rings (SSSR count). The monoisotopic (exact) mass is 281 g/mol. The summed E-state index contributed by atoms with van der Waals surface area (Å²) in [6, 6.07) is 7.39. The van der Waals surface area contributed by atoms with E-state index in [2.05, 4.69) is 4.98 Å². The van der Waals surface area contributed by atoms with E-state index in [9.17, 15) is 4.79 Å². The summed E-state index contributed by atoms with van der Waals surface area (Å²) in [7, 11) is 0. The first-order valence-electron chi connectivity index (χ1n) is 5.37. The van der Waals surface area contributed by atoms with Gasteiger partial charge in [0.2, 0.25) is 0 Å². The third-order valence-electron chi connectivity index (χ3n) is 2.78. The molecule has 0 aliphatic heterocycles. The van der Waals surface area contributed by atoms with Crippen molar-refractivity contribution in [1.82, 2.24) is 4.98 Å². The summed E-state index contributed by atoms with van der Waals surface area (Å²) >= 11 is 7.50. The first kappa shape index (κ1) is 13.1. The van der Waals surface area contributed by atoms with Crippen LogP contribution in [0.25, 0.3) is 10.6 Å². The van der Waals surface area contributed by atoms with E-state index in [0.29, 0.717) is 10.7 Å². The van der Waals surface area contributed by atoms with Gasteiger partial charge in [0.05, 0.1) is 10.7 Å². The molecule has 0 fully saturated rings. The number of carboxylic acid groups (broad SMARTS) is 1. The van der Waals surface area contributed by atoms with E-state index >= 15 is 0 Å². The number of nitrogens with zero attached hydrogens (tertiary/aromatic N) is 1. The van der Waals surface area contributed by atoms with Crippen LogP contribution in [0.3, 0.4) is 0 Å². The number of carboxylic acids is 1. The van der Waals surface area contributed by atoms with E-state index in [-0.39, 0.29) is 0 Å². The third kappa shape index (κ3) is 2.26. The molecule has 3 nitrogen and oxygen atoms in total. The van der Waals surface area contributed by atoms with Crippen LogP contribution in [0.2, 0.25) is 5.02 Å². The predicted octanol–water partition coefficient (Wildman–Crippen LogP) is 3.83. The van der Waals surface area contributed by atoms with Gasteiger partial charge in [-0.2, -0.15) is 0 Å². The Morgan fingerprint density at radius 2 is 2.06 bits per heavy atom. The highest BCUT2D eigenvalue weighted by molar-refractivity contribution is 7.13. The zero-order valence-electron chi connectivity index (χ0n) is 9.98. The maximum Gasteiger partial charge on any atom is 0.315 e. The summed E-state index contributed by atoms with van der Waals surface area (Å²) in [6.07, 6.45) is 0.